The number of hydrogen-bond acceptors (Lipinski definition) is 11. The molecule has 3 heterocycles. The van der Waals surface area contributed by atoms with E-state index in [0.29, 0.717) is 75.5 Å². The van der Waals surface area contributed by atoms with Gasteiger partial charge in [-0.1, -0.05) is 111 Å². The molecule has 9 N–H and O–H groups in total. The molecule has 0 saturated heterocycles. The number of Topliss-reactive ketones (excluding diaryl/α,β-unsaturated/α-hetero) is 2. The van der Waals surface area contributed by atoms with Crippen LogP contribution in [0.25, 0.3) is 10.8 Å². The van der Waals surface area contributed by atoms with Crippen LogP contribution in [0.4, 0.5) is 5.69 Å². The monoisotopic (exact) mass is 1060 g/mol. The number of carbonyl (C=O) groups is 2. The van der Waals surface area contributed by atoms with Crippen LogP contribution in [0.15, 0.2) is 133 Å². The van der Waals surface area contributed by atoms with Crippen LogP contribution in [-0.4, -0.2) is 87.1 Å². The van der Waals surface area contributed by atoms with E-state index in [4.69, 9.17) is 4.74 Å². The van der Waals surface area contributed by atoms with Crippen molar-refractivity contribution in [3.8, 4) is 29.1 Å². The molecule has 10 rings (SSSR count). The van der Waals surface area contributed by atoms with Gasteiger partial charge in [0.05, 0.1) is 25.2 Å². The maximum atomic E-state index is 15.1. The predicted octanol–water partition coefficient (Wildman–Crippen LogP) is 9.91. The van der Waals surface area contributed by atoms with Crippen LogP contribution in [0.5, 0.6) is 17.2 Å². The second kappa shape index (κ2) is 24.9. The fraction of sp³-hybridized carbons (Fsp3) is 0.403. The molecule has 0 radical (unpaired) electrons. The van der Waals surface area contributed by atoms with Crippen molar-refractivity contribution in [2.75, 3.05) is 32.1 Å². The van der Waals surface area contributed by atoms with E-state index in [9.17, 15) is 30.3 Å². The predicted molar refractivity (Wildman–Crippen MR) is 310 cm³/mol. The molecular weight excluding hydrogens is 989 g/mol. The van der Waals surface area contributed by atoms with Crippen molar-refractivity contribution in [1.29, 1.82) is 0 Å². The third kappa shape index (κ3) is 12.8. The third-order valence-electron chi connectivity index (χ3n) is 17.2. The quantitative estimate of drug-likeness (QED) is 0.0569. The molecule has 9 bridgehead atoms. The number of aromatic amines is 1. The Bertz CT molecular complexity index is 3260. The first-order chi connectivity index (χ1) is 38.3. The molecule has 412 valence electrons. The average Bonchev–Trinajstić information content (AvgIpc) is 3.87. The molecule has 12 heteroatoms. The molecule has 4 aliphatic rings. The van der Waals surface area contributed by atoms with Gasteiger partial charge in [-0.3, -0.25) is 9.59 Å². The highest BCUT2D eigenvalue weighted by Gasteiger charge is 2.43. The third-order valence-corrected chi connectivity index (χ3v) is 17.2. The summed E-state index contributed by atoms with van der Waals surface area (Å²) in [5, 5.41) is 71.2. The number of ether oxygens (including phenoxy) is 1. The molecule has 10 atom stereocenters. The fourth-order valence-electron chi connectivity index (χ4n) is 13.0. The number of rotatable bonds is 6. The molecule has 0 spiro atoms. The number of benzene rings is 5. The van der Waals surface area contributed by atoms with Crippen molar-refractivity contribution in [2.24, 2.45) is 29.6 Å². The number of phenols is 2. The minimum absolute atomic E-state index is 0.0213. The number of aromatic hydroxyl groups is 2. The van der Waals surface area contributed by atoms with Gasteiger partial charge in [-0.25, -0.2) is 0 Å². The second-order valence-corrected chi connectivity index (χ2v) is 22.8. The van der Waals surface area contributed by atoms with Crippen molar-refractivity contribution in [3.05, 3.63) is 178 Å². The van der Waals surface area contributed by atoms with Crippen LogP contribution in [-0.2, 0) is 35.3 Å². The molecule has 6 aromatic rings. The molecule has 2 aliphatic heterocycles. The number of dihydropyridines is 1. The first-order valence-corrected chi connectivity index (χ1v) is 28.5. The number of phenolic OH excluding ortho intramolecular Hbond substituents is 2. The number of methoxy groups -OCH3 is 1. The lowest BCUT2D eigenvalue weighted by Crippen LogP contribution is -2.40. The van der Waals surface area contributed by atoms with Gasteiger partial charge in [0, 0.05) is 73.7 Å². The summed E-state index contributed by atoms with van der Waals surface area (Å²) in [6.07, 6.45) is 8.07. The largest absolute Gasteiger partial charge is 0.507 e. The number of H-pyrrole nitrogens is 1. The number of aromatic nitrogens is 1. The number of nitrogens with one attached hydrogen (secondary N) is 4. The Morgan fingerprint density at radius 3 is 2.38 bits per heavy atom. The van der Waals surface area contributed by atoms with Crippen LogP contribution in [0.2, 0.25) is 0 Å². The van der Waals surface area contributed by atoms with Gasteiger partial charge >= 0.3 is 0 Å². The van der Waals surface area contributed by atoms with E-state index in [1.54, 1.807) is 12.1 Å². The normalized spacial score (nSPS) is 26.2. The maximum Gasteiger partial charge on any atom is 0.173 e. The van der Waals surface area contributed by atoms with Gasteiger partial charge in [-0.2, -0.15) is 0 Å². The van der Waals surface area contributed by atoms with Crippen LogP contribution >= 0.6 is 0 Å². The van der Waals surface area contributed by atoms with Crippen LogP contribution in [0.3, 0.4) is 0 Å². The number of ketones is 2. The number of β-amino-alcohol motifs (C(OH)–C–C–N with tert-alkyl or cyclic N) is 1. The number of aliphatic hydroxyl groups excluding tert-OH is 3. The van der Waals surface area contributed by atoms with E-state index in [0.717, 1.165) is 68.0 Å². The Kier molecular flexibility index (Phi) is 17.4. The number of allylic oxidation sites excluding steroid dienone is 2. The molecule has 1 saturated carbocycles. The first kappa shape index (κ1) is 55.2. The zero-order valence-corrected chi connectivity index (χ0v) is 45.7. The number of fused-ring (bicyclic) bond motifs is 9. The fourth-order valence-corrected chi connectivity index (χ4v) is 13.0. The van der Waals surface area contributed by atoms with E-state index < -0.39 is 47.6 Å². The summed E-state index contributed by atoms with van der Waals surface area (Å²) in [5.41, 5.74) is 9.13. The van der Waals surface area contributed by atoms with Crippen molar-refractivity contribution >= 4 is 28.0 Å². The molecule has 79 heavy (non-hydrogen) atoms. The highest BCUT2D eigenvalue weighted by molar-refractivity contribution is 6.06. The summed E-state index contributed by atoms with van der Waals surface area (Å²) in [7, 11) is 1.48. The summed E-state index contributed by atoms with van der Waals surface area (Å²) in [5.74, 6) is 5.19. The molecule has 10 unspecified atom stereocenters. The van der Waals surface area contributed by atoms with E-state index in [-0.39, 0.29) is 60.2 Å². The summed E-state index contributed by atoms with van der Waals surface area (Å²) < 4.78 is 5.53. The van der Waals surface area contributed by atoms with E-state index in [1.807, 2.05) is 72.9 Å². The lowest BCUT2D eigenvalue weighted by molar-refractivity contribution is -0.142. The second-order valence-electron chi connectivity index (χ2n) is 22.8. The molecule has 5 aromatic carbocycles. The maximum absolute atomic E-state index is 15.1. The summed E-state index contributed by atoms with van der Waals surface area (Å²) >= 11 is 0. The lowest BCUT2D eigenvalue weighted by Gasteiger charge is -2.33. The number of carbonyl (C=O) groups excluding carboxylic acids is 2. The Hall–Kier alpha value is -7.14. The smallest absolute Gasteiger partial charge is 0.173 e. The molecule has 2 aliphatic carbocycles. The Labute approximate surface area is 464 Å². The van der Waals surface area contributed by atoms with Gasteiger partial charge in [-0.05, 0) is 155 Å². The standard InChI is InChI=1S/C67H76N4O8/c1-4-11-55-49-27-43(26-45-18-20-54(44-14-9-6-10-15-44)56-36-62(75)63(79-3)33-47(56)19-21-60(73)67(78)66(77)57(45)32-49)24-42-22-23-69-64(28-42)71-59-35-58-46(29-50(59)25-41-12-7-5-8-13-41)16-17-48(65(58)76)31-53(72)39-68-37-40(2)51-30-52(70-38-51)34-61(55)74/h5-10,12-17,22,28-30,33,35-36,38,40,43,45,49,53-55,57,61,67-72,74-76,78H,4,11,19,21,23-27,31-32,34,37,39H2,1-3H3. The van der Waals surface area contributed by atoms with E-state index in [2.05, 4.69) is 83.0 Å². The summed E-state index contributed by atoms with van der Waals surface area (Å²) in [6.45, 7) is 5.74. The summed E-state index contributed by atoms with van der Waals surface area (Å²) in [6, 6.07) is 33.8. The lowest BCUT2D eigenvalue weighted by atomic mass is 9.73. The van der Waals surface area contributed by atoms with Gasteiger partial charge in [0.2, 0.25) is 0 Å². The highest BCUT2D eigenvalue weighted by atomic mass is 16.5. The zero-order valence-electron chi connectivity index (χ0n) is 45.7. The Morgan fingerprint density at radius 2 is 1.59 bits per heavy atom. The Balaban J connectivity index is 1.08. The van der Waals surface area contributed by atoms with Crippen LogP contribution < -0.4 is 20.7 Å². The van der Waals surface area contributed by atoms with Crippen LogP contribution in [0.1, 0.15) is 115 Å². The minimum Gasteiger partial charge on any atom is -0.507 e. The molecule has 1 fully saturated rings. The van der Waals surface area contributed by atoms with Crippen LogP contribution in [0, 0.1) is 41.4 Å². The minimum atomic E-state index is -1.85. The van der Waals surface area contributed by atoms with Crippen molar-refractivity contribution < 1.29 is 39.9 Å². The zero-order chi connectivity index (χ0) is 55.2. The molecule has 12 nitrogen and oxygen atoms in total. The van der Waals surface area contributed by atoms with E-state index >= 15 is 4.79 Å². The van der Waals surface area contributed by atoms with Gasteiger partial charge in [0.1, 0.15) is 11.6 Å². The average molecular weight is 1070 g/mol. The SMILES string of the molecule is CCCC1C(O)Cc2cc(c[nH]2)C(C)CNCC(O)Cc2ccc3cc(Cc4ccccc4)c(cc3c2O)NC2=CC(=CCN2)CC2CC3C#CC(c4ccccc4)c4cc(O)c(OC)cc4CCC(=O)C(O)C(=O)C3CC1C2. The first-order valence-electron chi connectivity index (χ1n) is 28.5. The van der Waals surface area contributed by atoms with Crippen molar-refractivity contribution in [3.63, 3.8) is 0 Å². The topological polar surface area (TPSA) is 196 Å². The highest BCUT2D eigenvalue weighted by Crippen LogP contribution is 2.46. The van der Waals surface area contributed by atoms with E-state index in [1.165, 1.54) is 7.11 Å². The van der Waals surface area contributed by atoms with Gasteiger partial charge in [-0.15, -0.1) is 0 Å². The molecule has 1 aromatic heterocycles. The molecular formula is C67H76N4O8. The van der Waals surface area contributed by atoms with Gasteiger partial charge in [0.25, 0.3) is 0 Å². The van der Waals surface area contributed by atoms with Crippen molar-refractivity contribution in [2.45, 2.75) is 115 Å². The number of hydrogen-bond donors (Lipinski definition) is 9. The number of aryl methyl sites for hydroxylation is 1. The Morgan fingerprint density at radius 1 is 0.797 bits per heavy atom. The van der Waals surface area contributed by atoms with Gasteiger partial charge in [0.15, 0.2) is 29.2 Å². The molecule has 0 amide bonds. The summed E-state index contributed by atoms with van der Waals surface area (Å²) in [4.78, 5) is 32.7. The van der Waals surface area contributed by atoms with Gasteiger partial charge < -0.3 is 51.2 Å². The van der Waals surface area contributed by atoms with Crippen molar-refractivity contribution in [1.82, 2.24) is 15.6 Å². The number of aliphatic hydroxyl groups is 3. The number of anilines is 1.